The largest absolute Gasteiger partial charge is 0.481 e. The maximum absolute atomic E-state index is 13.1. The van der Waals surface area contributed by atoms with Crippen LogP contribution in [0.1, 0.15) is 81.4 Å². The summed E-state index contributed by atoms with van der Waals surface area (Å²) in [5, 5.41) is 15.2. The van der Waals surface area contributed by atoms with E-state index in [0.29, 0.717) is 18.3 Å². The van der Waals surface area contributed by atoms with E-state index < -0.39 is 5.97 Å². The Morgan fingerprint density at radius 2 is 1.58 bits per heavy atom. The monoisotopic (exact) mass is 514 g/mol. The van der Waals surface area contributed by atoms with Gasteiger partial charge in [-0.05, 0) is 60.5 Å². The molecule has 38 heavy (non-hydrogen) atoms. The molecule has 0 spiro atoms. The maximum Gasteiger partial charge on any atom is 0.303 e. The highest BCUT2D eigenvalue weighted by molar-refractivity contribution is 5.86. The first-order valence-corrected chi connectivity index (χ1v) is 14.3. The minimum atomic E-state index is -0.727. The second-order valence-electron chi connectivity index (χ2n) is 10.8. The van der Waals surface area contributed by atoms with Crippen LogP contribution in [0.4, 0.5) is 0 Å². The number of nitrogens with one attached hydrogen (secondary N) is 1. The molecular formula is C33H42N2O3. The summed E-state index contributed by atoms with van der Waals surface area (Å²) in [6.07, 6.45) is 6.33. The number of rotatable bonds is 13. The number of unbranched alkanes of at least 4 members (excludes halogenated alkanes) is 4. The molecule has 0 radical (unpaired) electrons. The number of carbonyl (C=O) groups excluding carboxylic acids is 1. The normalized spacial score (nSPS) is 18.4. The lowest BCUT2D eigenvalue weighted by Crippen LogP contribution is -2.45. The first-order chi connectivity index (χ1) is 18.5. The van der Waals surface area contributed by atoms with Crippen LogP contribution in [-0.2, 0) is 9.59 Å². The van der Waals surface area contributed by atoms with Gasteiger partial charge in [-0.25, -0.2) is 0 Å². The van der Waals surface area contributed by atoms with E-state index in [2.05, 4.69) is 89.9 Å². The summed E-state index contributed by atoms with van der Waals surface area (Å²) in [6.45, 7) is 4.76. The first-order valence-electron chi connectivity index (χ1n) is 14.3. The molecule has 2 N–H and O–H groups in total. The second kappa shape index (κ2) is 14.1. The number of carboxylic acids is 1. The highest BCUT2D eigenvalue weighted by Crippen LogP contribution is 2.33. The number of amides is 1. The van der Waals surface area contributed by atoms with E-state index in [1.165, 1.54) is 21.9 Å². The zero-order chi connectivity index (χ0) is 26.7. The minimum Gasteiger partial charge on any atom is -0.481 e. The molecule has 3 unspecified atom stereocenters. The van der Waals surface area contributed by atoms with Gasteiger partial charge < -0.3 is 15.3 Å². The number of piperidine rings is 1. The van der Waals surface area contributed by atoms with Gasteiger partial charge >= 0.3 is 5.97 Å². The molecule has 1 amide bonds. The van der Waals surface area contributed by atoms with Crippen molar-refractivity contribution < 1.29 is 14.7 Å². The number of hydrogen-bond acceptors (Lipinski definition) is 3. The lowest BCUT2D eigenvalue weighted by molar-refractivity contribution is -0.137. The van der Waals surface area contributed by atoms with E-state index >= 15 is 0 Å². The summed E-state index contributed by atoms with van der Waals surface area (Å²) in [7, 11) is 0. The van der Waals surface area contributed by atoms with Crippen molar-refractivity contribution >= 4 is 22.6 Å². The molecular weight excluding hydrogens is 472 g/mol. The van der Waals surface area contributed by atoms with Crippen LogP contribution in [0.5, 0.6) is 0 Å². The quantitative estimate of drug-likeness (QED) is 0.243. The summed E-state index contributed by atoms with van der Waals surface area (Å²) in [5.41, 5.74) is 2.64. The number of carboxylic acid groups (broad SMARTS) is 1. The number of hydrogen-bond donors (Lipinski definition) is 2. The molecule has 0 aliphatic carbocycles. The van der Waals surface area contributed by atoms with Crippen molar-refractivity contribution in [3.05, 3.63) is 83.9 Å². The van der Waals surface area contributed by atoms with Crippen LogP contribution in [-0.4, -0.2) is 41.5 Å². The Balaban J connectivity index is 1.32. The van der Waals surface area contributed by atoms with E-state index in [9.17, 15) is 9.59 Å². The molecule has 0 bridgehead atoms. The molecule has 202 valence electrons. The Hall–Kier alpha value is -3.18. The van der Waals surface area contributed by atoms with Crippen molar-refractivity contribution in [3.8, 4) is 0 Å². The molecule has 5 heteroatoms. The average Bonchev–Trinajstić information content (AvgIpc) is 2.95. The van der Waals surface area contributed by atoms with E-state index in [1.54, 1.807) is 0 Å². The molecule has 3 atom stereocenters. The molecule has 1 fully saturated rings. The third kappa shape index (κ3) is 7.67. The van der Waals surface area contributed by atoms with E-state index in [-0.39, 0.29) is 18.4 Å². The maximum atomic E-state index is 13.1. The molecule has 0 aromatic heterocycles. The molecule has 3 aromatic carbocycles. The number of fused-ring (bicyclic) bond motifs is 1. The number of likely N-dealkylation sites (tertiary alicyclic amines) is 1. The highest BCUT2D eigenvalue weighted by Gasteiger charge is 2.32. The Labute approximate surface area is 227 Å². The van der Waals surface area contributed by atoms with Gasteiger partial charge in [0.15, 0.2) is 0 Å². The van der Waals surface area contributed by atoms with Crippen molar-refractivity contribution in [1.82, 2.24) is 10.2 Å². The van der Waals surface area contributed by atoms with Gasteiger partial charge in [-0.2, -0.15) is 0 Å². The fraction of sp³-hybridized carbons (Fsp3) is 0.455. The number of carbonyl (C=O) groups is 2. The summed E-state index contributed by atoms with van der Waals surface area (Å²) >= 11 is 0. The van der Waals surface area contributed by atoms with Crippen molar-refractivity contribution in [1.29, 1.82) is 0 Å². The topological polar surface area (TPSA) is 69.6 Å². The Morgan fingerprint density at radius 3 is 2.37 bits per heavy atom. The number of nitrogens with zero attached hydrogens (tertiary/aromatic N) is 1. The predicted octanol–water partition coefficient (Wildman–Crippen LogP) is 6.94. The summed E-state index contributed by atoms with van der Waals surface area (Å²) in [5.74, 6) is 0.312. The van der Waals surface area contributed by atoms with Gasteiger partial charge in [0.1, 0.15) is 0 Å². The Kier molecular flexibility index (Phi) is 10.3. The average molecular weight is 515 g/mol. The van der Waals surface area contributed by atoms with Crippen molar-refractivity contribution in [3.63, 3.8) is 0 Å². The summed E-state index contributed by atoms with van der Waals surface area (Å²) < 4.78 is 0. The molecule has 5 nitrogen and oxygen atoms in total. The fourth-order valence-corrected chi connectivity index (χ4v) is 5.86. The van der Waals surface area contributed by atoms with Crippen LogP contribution in [0.15, 0.2) is 72.8 Å². The van der Waals surface area contributed by atoms with Gasteiger partial charge in [-0.1, -0.05) is 92.1 Å². The molecule has 4 rings (SSSR count). The van der Waals surface area contributed by atoms with Crippen LogP contribution in [0.3, 0.4) is 0 Å². The lowest BCUT2D eigenvalue weighted by atomic mass is 9.80. The van der Waals surface area contributed by atoms with Crippen LogP contribution < -0.4 is 5.32 Å². The zero-order valence-electron chi connectivity index (χ0n) is 22.6. The van der Waals surface area contributed by atoms with E-state index in [4.69, 9.17) is 5.11 Å². The van der Waals surface area contributed by atoms with Gasteiger partial charge in [0.25, 0.3) is 0 Å². The first kappa shape index (κ1) is 27.8. The molecule has 3 aromatic rings. The molecule has 1 aliphatic heterocycles. The molecule has 1 saturated heterocycles. The van der Waals surface area contributed by atoms with Crippen molar-refractivity contribution in [2.45, 2.75) is 70.3 Å². The number of benzene rings is 3. The SMILES string of the molecule is CC(NCC1CCN(C(=O)CCCCCCCC(=O)O)CC1c1ccccc1)c1cccc2ccccc12. The van der Waals surface area contributed by atoms with Gasteiger partial charge in [0, 0.05) is 37.9 Å². The highest BCUT2D eigenvalue weighted by atomic mass is 16.4. The minimum absolute atomic E-state index is 0.240. The lowest BCUT2D eigenvalue weighted by Gasteiger charge is -2.39. The van der Waals surface area contributed by atoms with Crippen LogP contribution in [0, 0.1) is 5.92 Å². The Morgan fingerprint density at radius 1 is 0.895 bits per heavy atom. The third-order valence-corrected chi connectivity index (χ3v) is 8.09. The zero-order valence-corrected chi connectivity index (χ0v) is 22.6. The van der Waals surface area contributed by atoms with Crippen LogP contribution in [0.2, 0.25) is 0 Å². The van der Waals surface area contributed by atoms with Gasteiger partial charge in [-0.15, -0.1) is 0 Å². The van der Waals surface area contributed by atoms with Gasteiger partial charge in [0.2, 0.25) is 5.91 Å². The Bertz CT molecular complexity index is 1170. The van der Waals surface area contributed by atoms with Crippen LogP contribution in [0.25, 0.3) is 10.8 Å². The van der Waals surface area contributed by atoms with Crippen LogP contribution >= 0.6 is 0 Å². The van der Waals surface area contributed by atoms with E-state index in [0.717, 1.165) is 58.2 Å². The molecule has 0 saturated carbocycles. The summed E-state index contributed by atoms with van der Waals surface area (Å²) in [4.78, 5) is 25.8. The van der Waals surface area contributed by atoms with Gasteiger partial charge in [0.05, 0.1) is 0 Å². The smallest absolute Gasteiger partial charge is 0.303 e. The predicted molar refractivity (Wildman–Crippen MR) is 154 cm³/mol. The van der Waals surface area contributed by atoms with Gasteiger partial charge in [-0.3, -0.25) is 9.59 Å². The summed E-state index contributed by atoms with van der Waals surface area (Å²) in [6, 6.07) is 26.0. The van der Waals surface area contributed by atoms with E-state index in [1.807, 2.05) is 0 Å². The van der Waals surface area contributed by atoms with Crippen molar-refractivity contribution in [2.75, 3.05) is 19.6 Å². The van der Waals surface area contributed by atoms with Crippen molar-refractivity contribution in [2.24, 2.45) is 5.92 Å². The second-order valence-corrected chi connectivity index (χ2v) is 10.8. The molecule has 1 aliphatic rings. The standard InChI is InChI=1S/C33H42N2O3/c1-25(29-18-12-16-26-15-10-11-17-30(26)29)34-23-28-21-22-35(24-31(28)27-13-6-5-7-14-27)32(36)19-8-3-2-4-9-20-33(37)38/h5-7,10-18,25,28,31,34H,2-4,8-9,19-24H2,1H3,(H,37,38). The number of aliphatic carboxylic acids is 1. The fourth-order valence-electron chi connectivity index (χ4n) is 5.86. The molecule has 1 heterocycles. The third-order valence-electron chi connectivity index (χ3n) is 8.09.